The molecule has 1 aromatic rings. The molecule has 2 rings (SSSR count). The smallest absolute Gasteiger partial charge is 0.203 e. The standard InChI is InChI=1S/C17H28N2O3.ClH/c1-12-5-6-19(14(7-12)10-18)11-13-8-15(20-2)17(22-4)16(9-13)21-3;/h8-9,12,14H,5-7,10-11,18H2,1-4H3;1H. The Bertz CT molecular complexity index is 474. The van der Waals surface area contributed by atoms with Crippen molar-refractivity contribution in [3.63, 3.8) is 0 Å². The second kappa shape index (κ2) is 9.21. The van der Waals surface area contributed by atoms with Crippen molar-refractivity contribution in [1.82, 2.24) is 4.90 Å². The number of likely N-dealkylation sites (tertiary alicyclic amines) is 1. The zero-order valence-corrected chi connectivity index (χ0v) is 15.3. The van der Waals surface area contributed by atoms with E-state index in [9.17, 15) is 0 Å². The third kappa shape index (κ3) is 4.66. The van der Waals surface area contributed by atoms with Crippen LogP contribution in [0.4, 0.5) is 0 Å². The summed E-state index contributed by atoms with van der Waals surface area (Å²) in [5.74, 6) is 2.79. The minimum absolute atomic E-state index is 0. The summed E-state index contributed by atoms with van der Waals surface area (Å²) in [6.45, 7) is 4.94. The number of piperidine rings is 1. The molecule has 23 heavy (non-hydrogen) atoms. The highest BCUT2D eigenvalue weighted by molar-refractivity contribution is 5.85. The van der Waals surface area contributed by atoms with Crippen LogP contribution in [0.25, 0.3) is 0 Å². The van der Waals surface area contributed by atoms with E-state index in [-0.39, 0.29) is 12.4 Å². The van der Waals surface area contributed by atoms with Gasteiger partial charge in [-0.15, -0.1) is 12.4 Å². The largest absolute Gasteiger partial charge is 0.493 e. The predicted octanol–water partition coefficient (Wildman–Crippen LogP) is 2.69. The number of halogens is 1. The highest BCUT2D eigenvalue weighted by Gasteiger charge is 2.26. The second-order valence-electron chi connectivity index (χ2n) is 6.02. The highest BCUT2D eigenvalue weighted by Crippen LogP contribution is 2.38. The van der Waals surface area contributed by atoms with Gasteiger partial charge in [0.2, 0.25) is 5.75 Å². The fourth-order valence-electron chi connectivity index (χ4n) is 3.21. The molecule has 132 valence electrons. The zero-order valence-electron chi connectivity index (χ0n) is 14.5. The Kier molecular flexibility index (Phi) is 7.95. The molecular weight excluding hydrogens is 316 g/mol. The first-order chi connectivity index (χ1) is 10.6. The molecule has 1 fully saturated rings. The number of ether oxygens (including phenoxy) is 3. The summed E-state index contributed by atoms with van der Waals surface area (Å²) in [4.78, 5) is 2.46. The fraction of sp³-hybridized carbons (Fsp3) is 0.647. The topological polar surface area (TPSA) is 57.0 Å². The van der Waals surface area contributed by atoms with Crippen molar-refractivity contribution >= 4 is 12.4 Å². The van der Waals surface area contributed by atoms with Crippen LogP contribution in [-0.4, -0.2) is 45.4 Å². The molecule has 1 heterocycles. The number of nitrogens with zero attached hydrogens (tertiary/aromatic N) is 1. The van der Waals surface area contributed by atoms with Crippen molar-refractivity contribution in [3.05, 3.63) is 17.7 Å². The van der Waals surface area contributed by atoms with E-state index in [1.165, 1.54) is 12.8 Å². The molecule has 0 aliphatic carbocycles. The van der Waals surface area contributed by atoms with Gasteiger partial charge in [0.05, 0.1) is 21.3 Å². The first-order valence-corrected chi connectivity index (χ1v) is 7.85. The van der Waals surface area contributed by atoms with E-state index >= 15 is 0 Å². The summed E-state index contributed by atoms with van der Waals surface area (Å²) in [5, 5.41) is 0. The van der Waals surface area contributed by atoms with Gasteiger partial charge in [-0.2, -0.15) is 0 Å². The van der Waals surface area contributed by atoms with E-state index in [2.05, 4.69) is 11.8 Å². The average molecular weight is 345 g/mol. The van der Waals surface area contributed by atoms with Crippen LogP contribution in [0.3, 0.4) is 0 Å². The summed E-state index contributed by atoms with van der Waals surface area (Å²) < 4.78 is 16.2. The molecule has 0 radical (unpaired) electrons. The van der Waals surface area contributed by atoms with Crippen molar-refractivity contribution in [2.45, 2.75) is 32.4 Å². The number of hydrogen-bond acceptors (Lipinski definition) is 5. The van der Waals surface area contributed by atoms with Crippen LogP contribution < -0.4 is 19.9 Å². The van der Waals surface area contributed by atoms with Gasteiger partial charge in [-0.05, 0) is 43.0 Å². The number of benzene rings is 1. The van der Waals surface area contributed by atoms with Gasteiger partial charge in [-0.3, -0.25) is 4.90 Å². The van der Waals surface area contributed by atoms with Gasteiger partial charge in [0.1, 0.15) is 0 Å². The lowest BCUT2D eigenvalue weighted by Crippen LogP contribution is -2.45. The van der Waals surface area contributed by atoms with Crippen LogP contribution in [0, 0.1) is 5.92 Å². The molecule has 1 saturated heterocycles. The highest BCUT2D eigenvalue weighted by atomic mass is 35.5. The van der Waals surface area contributed by atoms with Crippen LogP contribution in [-0.2, 0) is 6.54 Å². The van der Waals surface area contributed by atoms with E-state index in [1.807, 2.05) is 12.1 Å². The maximum Gasteiger partial charge on any atom is 0.203 e. The molecular formula is C17H29ClN2O3. The molecule has 1 aromatic carbocycles. The number of methoxy groups -OCH3 is 3. The minimum atomic E-state index is 0. The third-order valence-electron chi connectivity index (χ3n) is 4.48. The third-order valence-corrected chi connectivity index (χ3v) is 4.48. The summed E-state index contributed by atoms with van der Waals surface area (Å²) in [6, 6.07) is 4.49. The molecule has 0 saturated carbocycles. The molecule has 2 unspecified atom stereocenters. The van der Waals surface area contributed by atoms with Gasteiger partial charge in [0, 0.05) is 19.1 Å². The van der Waals surface area contributed by atoms with Crippen LogP contribution in [0.15, 0.2) is 12.1 Å². The Labute approximate surface area is 145 Å². The lowest BCUT2D eigenvalue weighted by Gasteiger charge is -2.38. The molecule has 6 heteroatoms. The van der Waals surface area contributed by atoms with Gasteiger partial charge < -0.3 is 19.9 Å². The van der Waals surface area contributed by atoms with Crippen molar-refractivity contribution in [1.29, 1.82) is 0 Å². The van der Waals surface area contributed by atoms with Gasteiger partial charge in [0.25, 0.3) is 0 Å². The summed E-state index contributed by atoms with van der Waals surface area (Å²) >= 11 is 0. The van der Waals surface area contributed by atoms with E-state index in [0.29, 0.717) is 29.8 Å². The van der Waals surface area contributed by atoms with Crippen LogP contribution in [0.1, 0.15) is 25.3 Å². The van der Waals surface area contributed by atoms with Gasteiger partial charge in [-0.25, -0.2) is 0 Å². The Morgan fingerprint density at radius 3 is 2.22 bits per heavy atom. The summed E-state index contributed by atoms with van der Waals surface area (Å²) in [7, 11) is 4.91. The van der Waals surface area contributed by atoms with E-state index in [0.717, 1.165) is 24.6 Å². The molecule has 1 aliphatic rings. The van der Waals surface area contributed by atoms with Crippen molar-refractivity contribution in [3.8, 4) is 17.2 Å². The van der Waals surface area contributed by atoms with Crippen LogP contribution in [0.5, 0.6) is 17.2 Å². The van der Waals surface area contributed by atoms with Crippen molar-refractivity contribution in [2.75, 3.05) is 34.4 Å². The van der Waals surface area contributed by atoms with Crippen molar-refractivity contribution in [2.24, 2.45) is 11.7 Å². The molecule has 2 atom stereocenters. The van der Waals surface area contributed by atoms with Crippen LogP contribution >= 0.6 is 12.4 Å². The second-order valence-corrected chi connectivity index (χ2v) is 6.02. The molecule has 0 bridgehead atoms. The number of nitrogens with two attached hydrogens (primary N) is 1. The molecule has 2 N–H and O–H groups in total. The van der Waals surface area contributed by atoms with Gasteiger partial charge >= 0.3 is 0 Å². The van der Waals surface area contributed by atoms with Gasteiger partial charge in [-0.1, -0.05) is 6.92 Å². The van der Waals surface area contributed by atoms with Crippen molar-refractivity contribution < 1.29 is 14.2 Å². The van der Waals surface area contributed by atoms with E-state index in [4.69, 9.17) is 19.9 Å². The summed E-state index contributed by atoms with van der Waals surface area (Å²) in [5.41, 5.74) is 7.11. The number of hydrogen-bond donors (Lipinski definition) is 1. The minimum Gasteiger partial charge on any atom is -0.493 e. The predicted molar refractivity (Wildman–Crippen MR) is 95.0 cm³/mol. The normalized spacial score (nSPS) is 21.4. The lowest BCUT2D eigenvalue weighted by atomic mass is 9.92. The Morgan fingerprint density at radius 1 is 1.13 bits per heavy atom. The first kappa shape index (κ1) is 19.9. The first-order valence-electron chi connectivity index (χ1n) is 7.85. The summed E-state index contributed by atoms with van der Waals surface area (Å²) in [6.07, 6.45) is 2.39. The Balaban J connectivity index is 0.00000264. The maximum absolute atomic E-state index is 5.96. The zero-order chi connectivity index (χ0) is 16.1. The SMILES string of the molecule is COc1cc(CN2CCC(C)CC2CN)cc(OC)c1OC.Cl. The fourth-order valence-corrected chi connectivity index (χ4v) is 3.21. The lowest BCUT2D eigenvalue weighted by molar-refractivity contribution is 0.115. The molecule has 5 nitrogen and oxygen atoms in total. The molecule has 0 amide bonds. The number of rotatable bonds is 6. The molecule has 0 spiro atoms. The quantitative estimate of drug-likeness (QED) is 0.859. The monoisotopic (exact) mass is 344 g/mol. The van der Waals surface area contributed by atoms with E-state index < -0.39 is 0 Å². The maximum atomic E-state index is 5.96. The average Bonchev–Trinajstić information content (AvgIpc) is 2.55. The van der Waals surface area contributed by atoms with Crippen LogP contribution in [0.2, 0.25) is 0 Å². The Hall–Kier alpha value is -1.17. The van der Waals surface area contributed by atoms with Gasteiger partial charge in [0.15, 0.2) is 11.5 Å². The molecule has 1 aliphatic heterocycles. The van der Waals surface area contributed by atoms with E-state index in [1.54, 1.807) is 21.3 Å². The Morgan fingerprint density at radius 2 is 1.74 bits per heavy atom. The molecule has 0 aromatic heterocycles.